The average Bonchev–Trinajstić information content (AvgIpc) is 3.08. The van der Waals surface area contributed by atoms with E-state index in [2.05, 4.69) is 16.5 Å². The van der Waals surface area contributed by atoms with Gasteiger partial charge in [0.1, 0.15) is 0 Å². The van der Waals surface area contributed by atoms with Crippen molar-refractivity contribution in [2.24, 2.45) is 0 Å². The van der Waals surface area contributed by atoms with Crippen LogP contribution in [-0.2, 0) is 4.79 Å². The molecule has 20 heavy (non-hydrogen) atoms. The number of carbonyl (C=O) groups is 1. The highest BCUT2D eigenvalue weighted by atomic mass is 32.1. The highest BCUT2D eigenvalue weighted by molar-refractivity contribution is 7.10. The molecule has 0 amide bonds. The van der Waals surface area contributed by atoms with Crippen molar-refractivity contribution in [3.63, 3.8) is 0 Å². The Morgan fingerprint density at radius 3 is 3.15 bits per heavy atom. The Hall–Kier alpha value is -1.88. The van der Waals surface area contributed by atoms with Gasteiger partial charge in [-0.2, -0.15) is 0 Å². The Morgan fingerprint density at radius 2 is 2.35 bits per heavy atom. The molecule has 2 aliphatic rings. The van der Waals surface area contributed by atoms with Gasteiger partial charge in [-0.05, 0) is 31.2 Å². The summed E-state index contributed by atoms with van der Waals surface area (Å²) >= 11 is 1.68. The van der Waals surface area contributed by atoms with Gasteiger partial charge in [0.2, 0.25) is 5.88 Å². The van der Waals surface area contributed by atoms with Crippen molar-refractivity contribution >= 4 is 23.0 Å². The van der Waals surface area contributed by atoms with E-state index in [1.165, 1.54) is 4.88 Å². The highest BCUT2D eigenvalue weighted by Gasteiger charge is 2.38. The second-order valence-electron chi connectivity index (χ2n) is 5.25. The average molecular weight is 286 g/mol. The molecule has 2 aromatic heterocycles. The molecule has 102 valence electrons. The minimum absolute atomic E-state index is 0.0136. The van der Waals surface area contributed by atoms with E-state index < -0.39 is 0 Å². The molecule has 0 radical (unpaired) electrons. The van der Waals surface area contributed by atoms with Crippen molar-refractivity contribution in [3.05, 3.63) is 44.9 Å². The van der Waals surface area contributed by atoms with Crippen LogP contribution < -0.4 is 5.32 Å². The van der Waals surface area contributed by atoms with Gasteiger partial charge in [-0.1, -0.05) is 11.2 Å². The molecule has 1 aliphatic carbocycles. The zero-order valence-electron chi connectivity index (χ0n) is 11.1. The van der Waals surface area contributed by atoms with Gasteiger partial charge in [0.15, 0.2) is 5.78 Å². The number of rotatable bonds is 1. The van der Waals surface area contributed by atoms with Crippen molar-refractivity contribution in [3.8, 4) is 0 Å². The molecular weight excluding hydrogens is 272 g/mol. The summed E-state index contributed by atoms with van der Waals surface area (Å²) in [5.41, 5.74) is 3.80. The predicted octanol–water partition coefficient (Wildman–Crippen LogP) is 3.61. The number of nitrogens with one attached hydrogen (secondary N) is 1. The van der Waals surface area contributed by atoms with Gasteiger partial charge < -0.3 is 9.84 Å². The van der Waals surface area contributed by atoms with Crippen LogP contribution in [0.1, 0.15) is 41.3 Å². The molecular formula is C15H14N2O2S. The summed E-state index contributed by atoms with van der Waals surface area (Å²) in [6.07, 6.45) is 2.45. The summed E-state index contributed by atoms with van der Waals surface area (Å²) in [5.74, 6) is 0.943. The molecule has 0 spiro atoms. The second kappa shape index (κ2) is 4.31. The number of fused-ring (bicyclic) bond motifs is 1. The molecule has 2 aromatic rings. The fourth-order valence-corrected chi connectivity index (χ4v) is 4.00. The number of carbonyl (C=O) groups excluding carboxylic acids is 1. The predicted molar refractivity (Wildman–Crippen MR) is 76.9 cm³/mol. The van der Waals surface area contributed by atoms with E-state index >= 15 is 0 Å². The Kier molecular flexibility index (Phi) is 2.57. The molecule has 1 aliphatic heterocycles. The molecule has 5 heteroatoms. The normalized spacial score (nSPS) is 21.4. The number of hydrogen-bond acceptors (Lipinski definition) is 5. The fourth-order valence-electron chi connectivity index (χ4n) is 3.16. The van der Waals surface area contributed by atoms with Gasteiger partial charge in [-0.3, -0.25) is 4.79 Å². The molecule has 0 saturated carbocycles. The van der Waals surface area contributed by atoms with E-state index in [1.54, 1.807) is 11.3 Å². The SMILES string of the molecule is Cc1noc2c1C(c1cccs1)C1=C(CCCC1=O)N2. The first kappa shape index (κ1) is 11.9. The van der Waals surface area contributed by atoms with Crippen LogP contribution in [-0.4, -0.2) is 10.9 Å². The first-order valence-corrected chi connectivity index (χ1v) is 7.66. The molecule has 0 bridgehead atoms. The van der Waals surface area contributed by atoms with Crippen molar-refractivity contribution < 1.29 is 9.32 Å². The quantitative estimate of drug-likeness (QED) is 0.870. The van der Waals surface area contributed by atoms with Crippen molar-refractivity contribution in [1.82, 2.24) is 5.16 Å². The minimum atomic E-state index is -0.0136. The molecule has 4 rings (SSSR count). The number of ketones is 1. The van der Waals surface area contributed by atoms with E-state index in [1.807, 2.05) is 18.4 Å². The fraction of sp³-hybridized carbons (Fsp3) is 0.333. The molecule has 4 nitrogen and oxygen atoms in total. The molecule has 1 unspecified atom stereocenters. The maximum atomic E-state index is 12.4. The highest BCUT2D eigenvalue weighted by Crippen LogP contribution is 2.47. The van der Waals surface area contributed by atoms with Crippen LogP contribution >= 0.6 is 11.3 Å². The summed E-state index contributed by atoms with van der Waals surface area (Å²) in [6, 6.07) is 4.11. The van der Waals surface area contributed by atoms with E-state index in [0.717, 1.165) is 35.4 Å². The maximum Gasteiger partial charge on any atom is 0.233 e. The van der Waals surface area contributed by atoms with Crippen LogP contribution in [0.4, 0.5) is 5.88 Å². The number of thiophene rings is 1. The lowest BCUT2D eigenvalue weighted by Gasteiger charge is -2.30. The topological polar surface area (TPSA) is 55.1 Å². The number of Topliss-reactive ketones (excluding diaryl/α,β-unsaturated/α-hetero) is 1. The Labute approximate surface area is 120 Å². The summed E-state index contributed by atoms with van der Waals surface area (Å²) < 4.78 is 5.40. The number of allylic oxidation sites excluding steroid dienone is 2. The summed E-state index contributed by atoms with van der Waals surface area (Å²) in [7, 11) is 0. The molecule has 1 N–H and O–H groups in total. The third-order valence-corrected chi connectivity index (χ3v) is 4.97. The third kappa shape index (κ3) is 1.59. The molecule has 1 atom stereocenters. The van der Waals surface area contributed by atoms with Gasteiger partial charge in [0.05, 0.1) is 17.2 Å². The van der Waals surface area contributed by atoms with Gasteiger partial charge in [-0.15, -0.1) is 11.3 Å². The number of anilines is 1. The van der Waals surface area contributed by atoms with E-state index in [0.29, 0.717) is 12.3 Å². The van der Waals surface area contributed by atoms with E-state index in [4.69, 9.17) is 4.52 Å². The maximum absolute atomic E-state index is 12.4. The van der Waals surface area contributed by atoms with Crippen LogP contribution in [0, 0.1) is 6.92 Å². The van der Waals surface area contributed by atoms with Crippen LogP contribution in [0.15, 0.2) is 33.3 Å². The summed E-state index contributed by atoms with van der Waals surface area (Å²) in [4.78, 5) is 13.6. The lowest BCUT2D eigenvalue weighted by molar-refractivity contribution is -0.116. The molecule has 0 saturated heterocycles. The Bertz CT molecular complexity index is 712. The van der Waals surface area contributed by atoms with Crippen molar-refractivity contribution in [2.75, 3.05) is 5.32 Å². The second-order valence-corrected chi connectivity index (χ2v) is 6.23. The van der Waals surface area contributed by atoms with Crippen LogP contribution in [0.3, 0.4) is 0 Å². The van der Waals surface area contributed by atoms with Gasteiger partial charge >= 0.3 is 0 Å². The minimum Gasteiger partial charge on any atom is -0.338 e. The number of aromatic nitrogens is 1. The van der Waals surface area contributed by atoms with E-state index in [-0.39, 0.29) is 11.7 Å². The summed E-state index contributed by atoms with van der Waals surface area (Å²) in [5, 5.41) is 9.40. The van der Waals surface area contributed by atoms with Gasteiger partial charge in [0.25, 0.3) is 0 Å². The zero-order chi connectivity index (χ0) is 13.7. The molecule has 0 aromatic carbocycles. The largest absolute Gasteiger partial charge is 0.338 e. The van der Waals surface area contributed by atoms with Crippen LogP contribution in [0.2, 0.25) is 0 Å². The zero-order valence-corrected chi connectivity index (χ0v) is 11.9. The van der Waals surface area contributed by atoms with Gasteiger partial charge in [0, 0.05) is 22.6 Å². The lowest BCUT2D eigenvalue weighted by atomic mass is 9.79. The van der Waals surface area contributed by atoms with Crippen LogP contribution in [0.25, 0.3) is 0 Å². The number of hydrogen-bond donors (Lipinski definition) is 1. The molecule has 0 fully saturated rings. The first-order chi connectivity index (χ1) is 9.75. The van der Waals surface area contributed by atoms with E-state index in [9.17, 15) is 4.79 Å². The standard InChI is InChI=1S/C15H14N2O2S/c1-8-12-14(11-6-3-7-20-11)13-9(4-2-5-10(13)18)16-15(12)19-17-8/h3,6-7,14,16H,2,4-5H2,1H3. The first-order valence-electron chi connectivity index (χ1n) is 6.78. The van der Waals surface area contributed by atoms with Crippen molar-refractivity contribution in [2.45, 2.75) is 32.1 Å². The van der Waals surface area contributed by atoms with Crippen LogP contribution in [0.5, 0.6) is 0 Å². The van der Waals surface area contributed by atoms with Crippen molar-refractivity contribution in [1.29, 1.82) is 0 Å². The summed E-state index contributed by atoms with van der Waals surface area (Å²) in [6.45, 7) is 1.93. The third-order valence-electron chi connectivity index (χ3n) is 4.03. The Balaban J connectivity index is 1.96. The monoisotopic (exact) mass is 286 g/mol. The lowest BCUT2D eigenvalue weighted by Crippen LogP contribution is -2.26. The number of aryl methyl sites for hydroxylation is 1. The van der Waals surface area contributed by atoms with Gasteiger partial charge in [-0.25, -0.2) is 0 Å². The Morgan fingerprint density at radius 1 is 1.45 bits per heavy atom. The number of nitrogens with zero attached hydrogens (tertiary/aromatic N) is 1. The molecule has 3 heterocycles. The smallest absolute Gasteiger partial charge is 0.233 e.